The molecule has 122 valence electrons. The van der Waals surface area contributed by atoms with Gasteiger partial charge in [-0.3, -0.25) is 0 Å². The molecule has 0 fully saturated rings. The number of aliphatic hydroxyl groups excluding tert-OH is 1. The lowest BCUT2D eigenvalue weighted by atomic mass is 10.1. The first-order chi connectivity index (χ1) is 11.1. The summed E-state index contributed by atoms with van der Waals surface area (Å²) in [6, 6.07) is 17.6. The Morgan fingerprint density at radius 1 is 1.13 bits per heavy atom. The van der Waals surface area contributed by atoms with E-state index in [0.29, 0.717) is 13.1 Å². The zero-order valence-electron chi connectivity index (χ0n) is 13.7. The number of carbonyl (C=O) groups excluding carboxylic acids is 1. The smallest absolute Gasteiger partial charge is 0.318 e. The molecule has 0 saturated heterocycles. The number of rotatable bonds is 6. The third kappa shape index (κ3) is 5.11. The van der Waals surface area contributed by atoms with Crippen LogP contribution in [0.15, 0.2) is 54.6 Å². The number of nitrogens with one attached hydrogen (secondary N) is 1. The Kier molecular flexibility index (Phi) is 6.18. The predicted octanol–water partition coefficient (Wildman–Crippen LogP) is 3.26. The Labute approximate surface area is 137 Å². The molecule has 0 aliphatic heterocycles. The van der Waals surface area contributed by atoms with Gasteiger partial charge in [-0.15, -0.1) is 0 Å². The van der Waals surface area contributed by atoms with Crippen molar-refractivity contribution in [3.8, 4) is 0 Å². The number of hydrogen-bond acceptors (Lipinski definition) is 2. The van der Waals surface area contributed by atoms with Gasteiger partial charge in [0.25, 0.3) is 0 Å². The van der Waals surface area contributed by atoms with Gasteiger partial charge in [0.15, 0.2) is 0 Å². The van der Waals surface area contributed by atoms with Crippen molar-refractivity contribution in [1.29, 1.82) is 0 Å². The van der Waals surface area contributed by atoms with Crippen LogP contribution in [-0.2, 0) is 6.54 Å². The predicted molar refractivity (Wildman–Crippen MR) is 92.1 cm³/mol. The summed E-state index contributed by atoms with van der Waals surface area (Å²) in [6.45, 7) is 4.73. The van der Waals surface area contributed by atoms with Crippen LogP contribution in [0.1, 0.15) is 29.7 Å². The highest BCUT2D eigenvalue weighted by atomic mass is 16.3. The number of urea groups is 1. The SMILES string of the molecule is Cc1ccc(C(C)NC(=O)N(CCO)Cc2ccccc2)cc1. The van der Waals surface area contributed by atoms with E-state index >= 15 is 0 Å². The molecule has 2 aromatic carbocycles. The fraction of sp³-hybridized carbons (Fsp3) is 0.316. The highest BCUT2D eigenvalue weighted by Gasteiger charge is 2.16. The summed E-state index contributed by atoms with van der Waals surface area (Å²) < 4.78 is 0. The number of aliphatic hydroxyl groups is 1. The van der Waals surface area contributed by atoms with Crippen molar-refractivity contribution in [2.45, 2.75) is 26.4 Å². The van der Waals surface area contributed by atoms with Crippen LogP contribution in [0, 0.1) is 6.92 Å². The summed E-state index contributed by atoms with van der Waals surface area (Å²) in [5, 5.41) is 12.2. The molecule has 0 heterocycles. The summed E-state index contributed by atoms with van der Waals surface area (Å²) in [4.78, 5) is 14.1. The maximum absolute atomic E-state index is 12.5. The molecular formula is C19H24N2O2. The Morgan fingerprint density at radius 3 is 2.39 bits per heavy atom. The van der Waals surface area contributed by atoms with Gasteiger partial charge in [-0.05, 0) is 25.0 Å². The van der Waals surface area contributed by atoms with Crippen LogP contribution in [0.3, 0.4) is 0 Å². The minimum Gasteiger partial charge on any atom is -0.395 e. The van der Waals surface area contributed by atoms with Crippen molar-refractivity contribution in [3.63, 3.8) is 0 Å². The molecule has 0 aliphatic rings. The van der Waals surface area contributed by atoms with E-state index in [9.17, 15) is 9.90 Å². The molecule has 0 spiro atoms. The second-order valence-electron chi connectivity index (χ2n) is 5.71. The molecule has 2 amide bonds. The first kappa shape index (κ1) is 17.0. The zero-order valence-corrected chi connectivity index (χ0v) is 13.7. The molecule has 23 heavy (non-hydrogen) atoms. The lowest BCUT2D eigenvalue weighted by Crippen LogP contribution is -2.42. The fourth-order valence-electron chi connectivity index (χ4n) is 2.39. The van der Waals surface area contributed by atoms with E-state index in [1.165, 1.54) is 5.56 Å². The molecule has 2 aromatic rings. The molecule has 2 N–H and O–H groups in total. The normalized spacial score (nSPS) is 11.8. The zero-order chi connectivity index (χ0) is 16.7. The minimum atomic E-state index is -0.170. The Morgan fingerprint density at radius 2 is 1.78 bits per heavy atom. The van der Waals surface area contributed by atoms with Crippen LogP contribution in [-0.4, -0.2) is 29.2 Å². The van der Waals surface area contributed by atoms with E-state index in [1.54, 1.807) is 4.90 Å². The maximum Gasteiger partial charge on any atom is 0.318 e. The molecule has 4 heteroatoms. The summed E-state index contributed by atoms with van der Waals surface area (Å²) >= 11 is 0. The van der Waals surface area contributed by atoms with Gasteiger partial charge in [0.05, 0.1) is 12.6 Å². The van der Waals surface area contributed by atoms with Crippen LogP contribution in [0.4, 0.5) is 4.79 Å². The van der Waals surface area contributed by atoms with E-state index in [0.717, 1.165) is 11.1 Å². The Bertz CT molecular complexity index is 611. The van der Waals surface area contributed by atoms with Crippen molar-refractivity contribution in [3.05, 3.63) is 71.3 Å². The molecule has 0 bridgehead atoms. The third-order valence-corrected chi connectivity index (χ3v) is 3.79. The van der Waals surface area contributed by atoms with Gasteiger partial charge >= 0.3 is 6.03 Å². The van der Waals surface area contributed by atoms with Gasteiger partial charge in [0.2, 0.25) is 0 Å². The highest BCUT2D eigenvalue weighted by molar-refractivity contribution is 5.74. The number of amides is 2. The molecule has 0 aliphatic carbocycles. The van der Waals surface area contributed by atoms with Crippen LogP contribution in [0.2, 0.25) is 0 Å². The second-order valence-corrected chi connectivity index (χ2v) is 5.71. The van der Waals surface area contributed by atoms with E-state index in [2.05, 4.69) is 5.32 Å². The number of hydrogen-bond donors (Lipinski definition) is 2. The summed E-state index contributed by atoms with van der Waals surface area (Å²) in [6.07, 6.45) is 0. The van der Waals surface area contributed by atoms with Crippen LogP contribution in [0.5, 0.6) is 0 Å². The van der Waals surface area contributed by atoms with Gasteiger partial charge in [0.1, 0.15) is 0 Å². The fourth-order valence-corrected chi connectivity index (χ4v) is 2.39. The number of aryl methyl sites for hydroxylation is 1. The second kappa shape index (κ2) is 8.34. The van der Waals surface area contributed by atoms with Crippen molar-refractivity contribution in [2.75, 3.05) is 13.2 Å². The van der Waals surface area contributed by atoms with Gasteiger partial charge in [-0.2, -0.15) is 0 Å². The van der Waals surface area contributed by atoms with Gasteiger partial charge in [-0.25, -0.2) is 4.79 Å². The molecular weight excluding hydrogens is 288 g/mol. The van der Waals surface area contributed by atoms with Crippen molar-refractivity contribution < 1.29 is 9.90 Å². The molecule has 1 unspecified atom stereocenters. The average Bonchev–Trinajstić information content (AvgIpc) is 2.56. The van der Waals surface area contributed by atoms with E-state index in [1.807, 2.05) is 68.4 Å². The highest BCUT2D eigenvalue weighted by Crippen LogP contribution is 2.14. The summed E-state index contributed by atoms with van der Waals surface area (Å²) in [5.74, 6) is 0. The molecule has 1 atom stereocenters. The number of carbonyl (C=O) groups is 1. The van der Waals surface area contributed by atoms with Gasteiger partial charge in [0, 0.05) is 13.1 Å². The molecule has 0 radical (unpaired) electrons. The van der Waals surface area contributed by atoms with Crippen LogP contribution in [0.25, 0.3) is 0 Å². The lowest BCUT2D eigenvalue weighted by molar-refractivity contribution is 0.171. The van der Waals surface area contributed by atoms with Crippen molar-refractivity contribution >= 4 is 6.03 Å². The van der Waals surface area contributed by atoms with Crippen LogP contribution < -0.4 is 5.32 Å². The number of nitrogens with zero attached hydrogens (tertiary/aromatic N) is 1. The Balaban J connectivity index is 2.01. The van der Waals surface area contributed by atoms with Crippen molar-refractivity contribution in [2.24, 2.45) is 0 Å². The summed E-state index contributed by atoms with van der Waals surface area (Å²) in [7, 11) is 0. The maximum atomic E-state index is 12.5. The lowest BCUT2D eigenvalue weighted by Gasteiger charge is -2.25. The summed E-state index contributed by atoms with van der Waals surface area (Å²) in [5.41, 5.74) is 3.30. The molecule has 0 aromatic heterocycles. The van der Waals surface area contributed by atoms with E-state index in [4.69, 9.17) is 0 Å². The van der Waals surface area contributed by atoms with E-state index < -0.39 is 0 Å². The van der Waals surface area contributed by atoms with Crippen LogP contribution >= 0.6 is 0 Å². The largest absolute Gasteiger partial charge is 0.395 e. The molecule has 4 nitrogen and oxygen atoms in total. The first-order valence-corrected chi connectivity index (χ1v) is 7.87. The van der Waals surface area contributed by atoms with Crippen molar-refractivity contribution in [1.82, 2.24) is 10.2 Å². The minimum absolute atomic E-state index is 0.0564. The topological polar surface area (TPSA) is 52.6 Å². The molecule has 2 rings (SSSR count). The molecule has 0 saturated carbocycles. The standard InChI is InChI=1S/C19H24N2O2/c1-15-8-10-18(11-9-15)16(2)20-19(23)21(12-13-22)14-17-6-4-3-5-7-17/h3-11,16,22H,12-14H2,1-2H3,(H,20,23). The quantitative estimate of drug-likeness (QED) is 0.860. The average molecular weight is 312 g/mol. The number of benzene rings is 2. The van der Waals surface area contributed by atoms with E-state index in [-0.39, 0.29) is 18.7 Å². The Hall–Kier alpha value is -2.33. The first-order valence-electron chi connectivity index (χ1n) is 7.87. The third-order valence-electron chi connectivity index (χ3n) is 3.79. The monoisotopic (exact) mass is 312 g/mol. The van der Waals surface area contributed by atoms with Gasteiger partial charge < -0.3 is 15.3 Å². The van der Waals surface area contributed by atoms with Gasteiger partial charge in [-0.1, -0.05) is 60.2 Å².